The predicted molar refractivity (Wildman–Crippen MR) is 90.4 cm³/mol. The molecule has 0 bridgehead atoms. The second-order valence-electron chi connectivity index (χ2n) is 5.83. The number of imidazole rings is 2. The van der Waals surface area contributed by atoms with Crippen molar-refractivity contribution in [2.24, 2.45) is 0 Å². The number of aryl methyl sites for hydroxylation is 2. The average Bonchev–Trinajstić information content (AvgIpc) is 3.33. The minimum Gasteiger partial charge on any atom is -0.373 e. The minimum absolute atomic E-state index is 0.274. The van der Waals surface area contributed by atoms with Crippen LogP contribution in [0.4, 0.5) is 0 Å². The van der Waals surface area contributed by atoms with Crippen molar-refractivity contribution in [3.05, 3.63) is 47.6 Å². The Balaban J connectivity index is 1.50. The van der Waals surface area contributed by atoms with Gasteiger partial charge in [-0.25, -0.2) is 9.97 Å². The van der Waals surface area contributed by atoms with E-state index in [-0.39, 0.29) is 6.10 Å². The summed E-state index contributed by atoms with van der Waals surface area (Å²) in [6.45, 7) is 1.78. The molecule has 4 rings (SSSR count). The number of ether oxygens (including phenoxy) is 1. The van der Waals surface area contributed by atoms with Gasteiger partial charge in [-0.1, -0.05) is 0 Å². The Morgan fingerprint density at radius 3 is 3.17 bits per heavy atom. The van der Waals surface area contributed by atoms with E-state index in [1.807, 2.05) is 18.6 Å². The summed E-state index contributed by atoms with van der Waals surface area (Å²) < 4.78 is 8.10. The van der Waals surface area contributed by atoms with E-state index in [1.165, 1.54) is 22.6 Å². The third-order valence-corrected chi connectivity index (χ3v) is 5.41. The fourth-order valence-corrected chi connectivity index (χ4v) is 4.09. The number of hydrogen-bond donors (Lipinski definition) is 1. The Hall–Kier alpha value is -1.92. The average molecular weight is 328 g/mol. The van der Waals surface area contributed by atoms with E-state index in [2.05, 4.69) is 31.7 Å². The summed E-state index contributed by atoms with van der Waals surface area (Å²) >= 11 is 1.81. The lowest BCUT2D eigenvalue weighted by Gasteiger charge is -2.21. The minimum atomic E-state index is 0.274. The van der Waals surface area contributed by atoms with E-state index < -0.39 is 0 Å². The van der Waals surface area contributed by atoms with E-state index in [0.29, 0.717) is 0 Å². The highest BCUT2D eigenvalue weighted by molar-refractivity contribution is 7.15. The molecule has 1 atom stereocenters. The number of thiophene rings is 1. The summed E-state index contributed by atoms with van der Waals surface area (Å²) in [5.41, 5.74) is 1.15. The van der Waals surface area contributed by atoms with Gasteiger partial charge in [0.25, 0.3) is 0 Å². The van der Waals surface area contributed by atoms with Gasteiger partial charge in [0.15, 0.2) is 0 Å². The first-order chi connectivity index (χ1) is 11.4. The zero-order valence-electron chi connectivity index (χ0n) is 12.9. The van der Waals surface area contributed by atoms with Crippen molar-refractivity contribution in [3.63, 3.8) is 0 Å². The van der Waals surface area contributed by atoms with Crippen molar-refractivity contribution in [2.75, 3.05) is 6.61 Å². The van der Waals surface area contributed by atoms with Gasteiger partial charge in [-0.2, -0.15) is 0 Å². The molecule has 0 saturated carbocycles. The third kappa shape index (κ3) is 3.23. The first-order valence-electron chi connectivity index (χ1n) is 8.10. The molecule has 3 aromatic rings. The number of H-pyrrole nitrogens is 1. The maximum atomic E-state index is 5.89. The van der Waals surface area contributed by atoms with Gasteiger partial charge in [0.2, 0.25) is 0 Å². The third-order valence-electron chi connectivity index (χ3n) is 4.24. The van der Waals surface area contributed by atoms with Crippen LogP contribution in [0.2, 0.25) is 0 Å². The van der Waals surface area contributed by atoms with Crippen LogP contribution in [0.1, 0.15) is 35.9 Å². The highest BCUT2D eigenvalue weighted by Gasteiger charge is 2.19. The number of rotatable bonds is 5. The lowest BCUT2D eigenvalue weighted by atomic mass is 10.1. The summed E-state index contributed by atoms with van der Waals surface area (Å²) in [6.07, 6.45) is 12.3. The molecule has 1 saturated heterocycles. The molecule has 0 aliphatic carbocycles. The molecule has 5 nitrogen and oxygen atoms in total. The lowest BCUT2D eigenvalue weighted by Crippen LogP contribution is -2.09. The molecule has 6 heteroatoms. The number of nitrogens with one attached hydrogen (secondary N) is 1. The Morgan fingerprint density at radius 1 is 1.35 bits per heavy atom. The van der Waals surface area contributed by atoms with Gasteiger partial charge >= 0.3 is 0 Å². The highest BCUT2D eigenvalue weighted by atomic mass is 32.1. The number of aromatic nitrogens is 4. The molecule has 1 N–H and O–H groups in total. The topological polar surface area (TPSA) is 55.7 Å². The van der Waals surface area contributed by atoms with Crippen LogP contribution in [0.25, 0.3) is 10.7 Å². The van der Waals surface area contributed by atoms with Crippen molar-refractivity contribution in [2.45, 2.75) is 38.3 Å². The number of hydrogen-bond acceptors (Lipinski definition) is 4. The summed E-state index contributed by atoms with van der Waals surface area (Å²) in [5.74, 6) is 1.04. The van der Waals surface area contributed by atoms with Crippen LogP contribution in [-0.2, 0) is 17.7 Å². The van der Waals surface area contributed by atoms with E-state index in [0.717, 1.165) is 37.5 Å². The number of nitrogens with zero attached hydrogens (tertiary/aromatic N) is 3. The van der Waals surface area contributed by atoms with E-state index in [1.54, 1.807) is 17.7 Å². The molecule has 1 aliphatic heterocycles. The zero-order valence-corrected chi connectivity index (χ0v) is 13.8. The van der Waals surface area contributed by atoms with Gasteiger partial charge in [-0.15, -0.1) is 11.3 Å². The molecule has 0 amide bonds. The molecule has 0 radical (unpaired) electrons. The quantitative estimate of drug-likeness (QED) is 0.774. The SMILES string of the molecule is c1cn(CCc2cnc[nH]2)c(-c2ccc(C3CCCCO3)s2)n1. The zero-order chi connectivity index (χ0) is 15.5. The molecule has 0 aromatic carbocycles. The first-order valence-corrected chi connectivity index (χ1v) is 8.92. The molecule has 120 valence electrons. The van der Waals surface area contributed by atoms with Gasteiger partial charge in [0.1, 0.15) is 5.82 Å². The van der Waals surface area contributed by atoms with Crippen LogP contribution >= 0.6 is 11.3 Å². The maximum Gasteiger partial charge on any atom is 0.150 e. The van der Waals surface area contributed by atoms with Gasteiger partial charge in [-0.05, 0) is 31.4 Å². The first kappa shape index (κ1) is 14.7. The Kier molecular flexibility index (Phi) is 4.26. The molecule has 23 heavy (non-hydrogen) atoms. The normalized spacial score (nSPS) is 18.3. The van der Waals surface area contributed by atoms with Crippen LogP contribution in [0, 0.1) is 0 Å². The molecular formula is C17H20N4OS. The fourth-order valence-electron chi connectivity index (χ4n) is 2.99. The Bertz CT molecular complexity index is 740. The van der Waals surface area contributed by atoms with E-state index in [9.17, 15) is 0 Å². The smallest absolute Gasteiger partial charge is 0.150 e. The van der Waals surface area contributed by atoms with Crippen molar-refractivity contribution in [1.82, 2.24) is 19.5 Å². The molecule has 1 unspecified atom stereocenters. The Labute approximate surface area is 139 Å². The summed E-state index contributed by atoms with van der Waals surface area (Å²) in [4.78, 5) is 14.3. The van der Waals surface area contributed by atoms with Gasteiger partial charge in [-0.3, -0.25) is 0 Å². The second kappa shape index (κ2) is 6.68. The van der Waals surface area contributed by atoms with Crippen LogP contribution in [0.3, 0.4) is 0 Å². The molecule has 1 fully saturated rings. The summed E-state index contributed by atoms with van der Waals surface area (Å²) in [6, 6.07) is 4.37. The van der Waals surface area contributed by atoms with Crippen molar-refractivity contribution < 1.29 is 4.74 Å². The van der Waals surface area contributed by atoms with Crippen LogP contribution < -0.4 is 0 Å². The summed E-state index contributed by atoms with van der Waals surface area (Å²) in [7, 11) is 0. The van der Waals surface area contributed by atoms with Crippen LogP contribution in [0.15, 0.2) is 37.1 Å². The standard InChI is InChI=1S/C17H20N4OS/c1-2-10-22-14(3-1)15-4-5-16(23-15)17-19-7-9-21(17)8-6-13-11-18-12-20-13/h4-5,7,9,11-12,14H,1-3,6,8,10H2,(H,18,20). The number of aromatic amines is 1. The monoisotopic (exact) mass is 328 g/mol. The molecule has 3 aromatic heterocycles. The van der Waals surface area contributed by atoms with Gasteiger partial charge in [0.05, 0.1) is 17.3 Å². The van der Waals surface area contributed by atoms with Gasteiger partial charge in [0, 0.05) is 48.7 Å². The molecular weight excluding hydrogens is 308 g/mol. The largest absolute Gasteiger partial charge is 0.373 e. The molecule has 1 aliphatic rings. The summed E-state index contributed by atoms with van der Waals surface area (Å²) in [5, 5.41) is 0. The lowest BCUT2D eigenvalue weighted by molar-refractivity contribution is 0.0172. The maximum absolute atomic E-state index is 5.89. The van der Waals surface area contributed by atoms with Crippen molar-refractivity contribution >= 4 is 11.3 Å². The Morgan fingerprint density at radius 2 is 2.35 bits per heavy atom. The predicted octanol–water partition coefficient (Wildman–Crippen LogP) is 3.82. The molecule has 4 heterocycles. The van der Waals surface area contributed by atoms with Gasteiger partial charge < -0.3 is 14.3 Å². The van der Waals surface area contributed by atoms with Crippen molar-refractivity contribution in [1.29, 1.82) is 0 Å². The second-order valence-corrected chi connectivity index (χ2v) is 6.94. The fraction of sp³-hybridized carbons (Fsp3) is 0.412. The van der Waals surface area contributed by atoms with Crippen LogP contribution in [-0.4, -0.2) is 26.1 Å². The van der Waals surface area contributed by atoms with Crippen LogP contribution in [0.5, 0.6) is 0 Å². The highest BCUT2D eigenvalue weighted by Crippen LogP contribution is 2.36. The van der Waals surface area contributed by atoms with E-state index in [4.69, 9.17) is 4.74 Å². The molecule has 0 spiro atoms. The van der Waals surface area contributed by atoms with Crippen molar-refractivity contribution in [3.8, 4) is 10.7 Å². The van der Waals surface area contributed by atoms with E-state index >= 15 is 0 Å².